The van der Waals surface area contributed by atoms with Gasteiger partial charge >= 0.3 is 12.1 Å². The molecule has 1 aromatic heterocycles. The van der Waals surface area contributed by atoms with Gasteiger partial charge in [-0.2, -0.15) is 0 Å². The van der Waals surface area contributed by atoms with E-state index in [0.29, 0.717) is 43.9 Å². The van der Waals surface area contributed by atoms with E-state index < -0.39 is 6.09 Å². The number of rotatable bonds is 5. The zero-order valence-electron chi connectivity index (χ0n) is 21.6. The number of carboxylic acid groups (broad SMARTS) is 1. The number of amides is 4. The number of imide groups is 1. The molecule has 0 spiro atoms. The van der Waals surface area contributed by atoms with E-state index in [1.807, 2.05) is 0 Å². The third-order valence-electron chi connectivity index (χ3n) is 8.90. The van der Waals surface area contributed by atoms with Gasteiger partial charge in [0, 0.05) is 74.5 Å². The molecule has 6 rings (SSSR count). The van der Waals surface area contributed by atoms with Crippen molar-refractivity contribution in [3.63, 3.8) is 0 Å². The summed E-state index contributed by atoms with van der Waals surface area (Å²) in [5.74, 6) is 0.985. The number of aryl methyl sites for hydroxylation is 1. The van der Waals surface area contributed by atoms with Gasteiger partial charge in [-0.1, -0.05) is 0 Å². The molecular formula is C28H37N5O4. The van der Waals surface area contributed by atoms with Crippen molar-refractivity contribution in [1.82, 2.24) is 19.7 Å². The molecule has 9 heteroatoms. The Morgan fingerprint density at radius 3 is 2.38 bits per heavy atom. The first-order valence-electron chi connectivity index (χ1n) is 13.8. The number of carbonyl (C=O) groups is 3. The second kappa shape index (κ2) is 9.67. The van der Waals surface area contributed by atoms with E-state index in [-0.39, 0.29) is 11.9 Å². The van der Waals surface area contributed by atoms with Crippen molar-refractivity contribution >= 4 is 34.6 Å². The number of hydrogen-bond acceptors (Lipinski definition) is 4. The first-order chi connectivity index (χ1) is 17.9. The fourth-order valence-corrected chi connectivity index (χ4v) is 6.57. The van der Waals surface area contributed by atoms with Gasteiger partial charge in [-0.3, -0.25) is 15.0 Å². The molecule has 4 amide bonds. The molecule has 0 atom stereocenters. The van der Waals surface area contributed by atoms with Crippen LogP contribution in [0.2, 0.25) is 0 Å². The number of fused-ring (bicyclic) bond motifs is 1. The summed E-state index contributed by atoms with van der Waals surface area (Å²) in [5, 5.41) is 12.9. The maximum atomic E-state index is 12.6. The van der Waals surface area contributed by atoms with Crippen LogP contribution in [0.5, 0.6) is 0 Å². The number of likely N-dealkylation sites (tertiary alicyclic amines) is 2. The average molecular weight is 508 g/mol. The van der Waals surface area contributed by atoms with Gasteiger partial charge in [0.2, 0.25) is 5.91 Å². The van der Waals surface area contributed by atoms with Crippen molar-refractivity contribution in [2.45, 2.75) is 63.8 Å². The third-order valence-corrected chi connectivity index (χ3v) is 8.90. The first-order valence-corrected chi connectivity index (χ1v) is 13.8. The number of piperidine rings is 2. The lowest BCUT2D eigenvalue weighted by Gasteiger charge is -2.37. The lowest BCUT2D eigenvalue weighted by Crippen LogP contribution is -2.49. The summed E-state index contributed by atoms with van der Waals surface area (Å²) in [6.07, 6.45) is 8.51. The van der Waals surface area contributed by atoms with Crippen LogP contribution in [0.15, 0.2) is 18.3 Å². The molecule has 198 valence electrons. The summed E-state index contributed by atoms with van der Waals surface area (Å²) >= 11 is 0. The zero-order chi connectivity index (χ0) is 25.7. The van der Waals surface area contributed by atoms with Crippen LogP contribution in [0.25, 0.3) is 10.9 Å². The van der Waals surface area contributed by atoms with E-state index in [9.17, 15) is 19.5 Å². The predicted octanol–water partition coefficient (Wildman–Crippen LogP) is 4.30. The smallest absolute Gasteiger partial charge is 0.407 e. The van der Waals surface area contributed by atoms with Crippen molar-refractivity contribution in [3.05, 3.63) is 29.5 Å². The van der Waals surface area contributed by atoms with Crippen LogP contribution in [0.3, 0.4) is 0 Å². The molecule has 0 bridgehead atoms. The molecule has 1 aromatic carbocycles. The van der Waals surface area contributed by atoms with E-state index in [0.717, 1.165) is 56.6 Å². The predicted molar refractivity (Wildman–Crippen MR) is 141 cm³/mol. The van der Waals surface area contributed by atoms with E-state index in [1.54, 1.807) is 9.80 Å². The monoisotopic (exact) mass is 507 g/mol. The fourth-order valence-electron chi connectivity index (χ4n) is 6.57. The Kier molecular flexibility index (Phi) is 6.34. The van der Waals surface area contributed by atoms with Crippen LogP contribution in [-0.4, -0.2) is 76.8 Å². The Morgan fingerprint density at radius 1 is 1.00 bits per heavy atom. The molecule has 37 heavy (non-hydrogen) atoms. The molecule has 4 aliphatic rings. The topological polar surface area (TPSA) is 98.1 Å². The molecule has 9 nitrogen and oxygen atoms in total. The molecule has 2 aromatic rings. The van der Waals surface area contributed by atoms with E-state index in [1.165, 1.54) is 29.3 Å². The van der Waals surface area contributed by atoms with Crippen molar-refractivity contribution in [3.8, 4) is 0 Å². The molecule has 0 unspecified atom stereocenters. The largest absolute Gasteiger partial charge is 0.465 e. The highest BCUT2D eigenvalue weighted by Crippen LogP contribution is 2.46. The molecule has 4 heterocycles. The van der Waals surface area contributed by atoms with Crippen LogP contribution in [0, 0.1) is 12.8 Å². The van der Waals surface area contributed by atoms with Crippen molar-refractivity contribution in [2.24, 2.45) is 5.92 Å². The third kappa shape index (κ3) is 4.81. The van der Waals surface area contributed by atoms with Crippen LogP contribution >= 0.6 is 0 Å². The zero-order valence-corrected chi connectivity index (χ0v) is 21.6. The first kappa shape index (κ1) is 24.3. The molecule has 1 saturated carbocycles. The molecular weight excluding hydrogens is 470 g/mol. The minimum atomic E-state index is -0.791. The Bertz CT molecular complexity index is 1220. The van der Waals surface area contributed by atoms with Gasteiger partial charge in [-0.15, -0.1) is 0 Å². The van der Waals surface area contributed by atoms with Crippen molar-refractivity contribution in [1.29, 1.82) is 0 Å². The number of nitrogens with one attached hydrogen (secondary N) is 1. The van der Waals surface area contributed by atoms with Crippen molar-refractivity contribution in [2.75, 3.05) is 44.2 Å². The molecule has 3 aliphatic heterocycles. The second-order valence-electron chi connectivity index (χ2n) is 11.4. The quantitative estimate of drug-likeness (QED) is 0.629. The van der Waals surface area contributed by atoms with Gasteiger partial charge < -0.3 is 19.5 Å². The summed E-state index contributed by atoms with van der Waals surface area (Å²) in [7, 11) is 0. The van der Waals surface area contributed by atoms with E-state index >= 15 is 0 Å². The highest BCUT2D eigenvalue weighted by molar-refractivity contribution is 6.07. The maximum Gasteiger partial charge on any atom is 0.407 e. The Hall–Kier alpha value is -3.07. The molecule has 2 N–H and O–H groups in total. The molecule has 4 fully saturated rings. The van der Waals surface area contributed by atoms with Gasteiger partial charge in [-0.05, 0) is 80.5 Å². The number of hydrogen-bond donors (Lipinski definition) is 2. The normalized spacial score (nSPS) is 22.6. The summed E-state index contributed by atoms with van der Waals surface area (Å²) < 4.78 is 2.50. The van der Waals surface area contributed by atoms with Gasteiger partial charge in [0.25, 0.3) is 0 Å². The number of benzene rings is 1. The van der Waals surface area contributed by atoms with Crippen LogP contribution in [0.1, 0.15) is 68.0 Å². The minimum absolute atomic E-state index is 0.207. The van der Waals surface area contributed by atoms with Gasteiger partial charge in [-0.25, -0.2) is 9.59 Å². The number of carbonyl (C=O) groups excluding carboxylic acids is 2. The maximum absolute atomic E-state index is 12.6. The van der Waals surface area contributed by atoms with Gasteiger partial charge in [0.1, 0.15) is 0 Å². The van der Waals surface area contributed by atoms with E-state index in [4.69, 9.17) is 0 Å². The Labute approximate surface area is 217 Å². The van der Waals surface area contributed by atoms with Crippen LogP contribution in [-0.2, 0) is 4.79 Å². The molecule has 0 radical (unpaired) electrons. The highest BCUT2D eigenvalue weighted by atomic mass is 16.4. The summed E-state index contributed by atoms with van der Waals surface area (Å²) in [6.45, 7) is 7.01. The number of urea groups is 1. The summed E-state index contributed by atoms with van der Waals surface area (Å²) in [5.41, 5.74) is 4.62. The van der Waals surface area contributed by atoms with Gasteiger partial charge in [0.15, 0.2) is 0 Å². The van der Waals surface area contributed by atoms with E-state index in [2.05, 4.69) is 40.0 Å². The Morgan fingerprint density at radius 2 is 1.73 bits per heavy atom. The van der Waals surface area contributed by atoms with Crippen molar-refractivity contribution < 1.29 is 19.5 Å². The number of anilines is 1. The lowest BCUT2D eigenvalue weighted by atomic mass is 9.95. The van der Waals surface area contributed by atoms with Crippen LogP contribution in [0.4, 0.5) is 15.3 Å². The SMILES string of the molecule is Cc1cc2c(cc1N1CCC(=O)NC1=O)c(C1CC1)cn2C1CCN(CC2CCN(C(=O)O)CC2)CC1. The summed E-state index contributed by atoms with van der Waals surface area (Å²) in [6, 6.07) is 4.56. The average Bonchev–Trinajstić information content (AvgIpc) is 3.66. The standard InChI is InChI=1S/C28H37N5O4/c1-18-14-25-22(15-24(18)32-13-8-26(34)29-27(32)35)23(20-2-3-20)17-33(25)21-6-9-30(10-7-21)16-19-4-11-31(12-5-19)28(36)37/h14-15,17,19-21H,2-13,16H2,1H3,(H,36,37)(H,29,34,35). The molecule has 1 aliphatic carbocycles. The number of aromatic nitrogens is 1. The minimum Gasteiger partial charge on any atom is -0.465 e. The van der Waals surface area contributed by atoms with Crippen LogP contribution < -0.4 is 10.2 Å². The second-order valence-corrected chi connectivity index (χ2v) is 11.4. The Balaban J connectivity index is 1.17. The summed E-state index contributed by atoms with van der Waals surface area (Å²) in [4.78, 5) is 41.2. The number of nitrogens with zero attached hydrogens (tertiary/aromatic N) is 4. The lowest BCUT2D eigenvalue weighted by molar-refractivity contribution is -0.120. The highest BCUT2D eigenvalue weighted by Gasteiger charge is 2.32. The molecule has 3 saturated heterocycles. The fraction of sp³-hybridized carbons (Fsp3) is 0.607. The van der Waals surface area contributed by atoms with Gasteiger partial charge in [0.05, 0.1) is 0 Å².